The summed E-state index contributed by atoms with van der Waals surface area (Å²) in [4.78, 5) is 39.3. The van der Waals surface area contributed by atoms with Gasteiger partial charge >= 0.3 is 5.97 Å². The Bertz CT molecular complexity index is 914. The zero-order valence-corrected chi connectivity index (χ0v) is 18.6. The predicted molar refractivity (Wildman–Crippen MR) is 120 cm³/mol. The number of hydrogen-bond acceptors (Lipinski definition) is 5. The Labute approximate surface area is 188 Å². The molecule has 1 heterocycles. The summed E-state index contributed by atoms with van der Waals surface area (Å²) in [5.74, 6) is -0.456. The molecule has 0 spiro atoms. The summed E-state index contributed by atoms with van der Waals surface area (Å²) in [7, 11) is 0. The third-order valence-electron chi connectivity index (χ3n) is 5.46. The fraction of sp³-hybridized carbons (Fsp3) is 0.400. The first-order valence-corrected chi connectivity index (χ1v) is 11.0. The number of rotatable bonds is 9. The van der Waals surface area contributed by atoms with Gasteiger partial charge in [0, 0.05) is 25.1 Å². The van der Waals surface area contributed by atoms with Crippen molar-refractivity contribution in [2.24, 2.45) is 0 Å². The molecule has 1 fully saturated rings. The summed E-state index contributed by atoms with van der Waals surface area (Å²) < 4.78 is 11.1. The van der Waals surface area contributed by atoms with E-state index in [-0.39, 0.29) is 30.9 Å². The van der Waals surface area contributed by atoms with Gasteiger partial charge < -0.3 is 19.7 Å². The van der Waals surface area contributed by atoms with E-state index in [0.29, 0.717) is 30.8 Å². The lowest BCUT2D eigenvalue weighted by molar-refractivity contribution is -0.147. The van der Waals surface area contributed by atoms with Crippen molar-refractivity contribution in [1.82, 2.24) is 10.2 Å². The zero-order valence-electron chi connectivity index (χ0n) is 18.6. The van der Waals surface area contributed by atoms with Gasteiger partial charge in [0.25, 0.3) is 5.91 Å². The second-order valence-electron chi connectivity index (χ2n) is 7.83. The average Bonchev–Trinajstić information content (AvgIpc) is 2.81. The molecule has 2 aromatic carbocycles. The topological polar surface area (TPSA) is 84.9 Å². The molecule has 0 aliphatic carbocycles. The Kier molecular flexibility index (Phi) is 8.25. The molecule has 2 amide bonds. The van der Waals surface area contributed by atoms with Crippen molar-refractivity contribution in [3.63, 3.8) is 0 Å². The monoisotopic (exact) mass is 438 g/mol. The van der Waals surface area contributed by atoms with E-state index in [9.17, 15) is 14.4 Å². The third-order valence-corrected chi connectivity index (χ3v) is 5.46. The van der Waals surface area contributed by atoms with Gasteiger partial charge in [-0.05, 0) is 43.2 Å². The molecule has 2 aromatic rings. The highest BCUT2D eigenvalue weighted by molar-refractivity contribution is 5.99. The molecule has 1 aliphatic rings. The standard InChI is InChI=1S/C25H30N2O5/c1-3-18(2)32-21-11-9-20(10-12-21)25(30)27-15-14-26-24(29)22(27)17-23(28)31-16-13-19-7-5-4-6-8-19/h4-12,18,22H,3,13-17H2,1-2H3,(H,26,29). The summed E-state index contributed by atoms with van der Waals surface area (Å²) in [6.07, 6.45) is 1.38. The van der Waals surface area contributed by atoms with Crippen LogP contribution in [0.1, 0.15) is 42.6 Å². The molecule has 170 valence electrons. The smallest absolute Gasteiger partial charge is 0.308 e. The van der Waals surface area contributed by atoms with Crippen LogP contribution >= 0.6 is 0 Å². The molecule has 0 radical (unpaired) electrons. The number of nitrogens with zero attached hydrogens (tertiary/aromatic N) is 1. The molecule has 1 N–H and O–H groups in total. The lowest BCUT2D eigenvalue weighted by Crippen LogP contribution is -2.57. The lowest BCUT2D eigenvalue weighted by atomic mass is 10.1. The minimum Gasteiger partial charge on any atom is -0.491 e. The van der Waals surface area contributed by atoms with E-state index in [2.05, 4.69) is 5.32 Å². The van der Waals surface area contributed by atoms with Gasteiger partial charge in [-0.1, -0.05) is 37.3 Å². The van der Waals surface area contributed by atoms with Crippen molar-refractivity contribution >= 4 is 17.8 Å². The summed E-state index contributed by atoms with van der Waals surface area (Å²) in [6, 6.07) is 15.7. The van der Waals surface area contributed by atoms with E-state index >= 15 is 0 Å². The highest BCUT2D eigenvalue weighted by atomic mass is 16.5. The van der Waals surface area contributed by atoms with Gasteiger partial charge in [-0.15, -0.1) is 0 Å². The van der Waals surface area contributed by atoms with Crippen LogP contribution in [-0.4, -0.2) is 54.5 Å². The molecule has 2 atom stereocenters. The molecule has 1 aliphatic heterocycles. The number of hydrogen-bond donors (Lipinski definition) is 1. The van der Waals surface area contributed by atoms with E-state index in [4.69, 9.17) is 9.47 Å². The quantitative estimate of drug-likeness (QED) is 0.609. The Morgan fingerprint density at radius 2 is 1.84 bits per heavy atom. The predicted octanol–water partition coefficient (Wildman–Crippen LogP) is 2.98. The number of ether oxygens (including phenoxy) is 2. The van der Waals surface area contributed by atoms with Crippen molar-refractivity contribution in [2.45, 2.75) is 45.3 Å². The van der Waals surface area contributed by atoms with Gasteiger partial charge in [-0.3, -0.25) is 14.4 Å². The minimum atomic E-state index is -0.892. The first-order valence-electron chi connectivity index (χ1n) is 11.0. The number of carbonyl (C=O) groups excluding carboxylic acids is 3. The molecular formula is C25H30N2O5. The lowest BCUT2D eigenvalue weighted by Gasteiger charge is -2.34. The van der Waals surface area contributed by atoms with Crippen LogP contribution in [0.2, 0.25) is 0 Å². The number of benzene rings is 2. The molecule has 7 nitrogen and oxygen atoms in total. The maximum absolute atomic E-state index is 13.1. The summed E-state index contributed by atoms with van der Waals surface area (Å²) >= 11 is 0. The molecule has 2 unspecified atom stereocenters. The van der Waals surface area contributed by atoms with Gasteiger partial charge in [-0.2, -0.15) is 0 Å². The Morgan fingerprint density at radius 3 is 2.53 bits per heavy atom. The molecule has 1 saturated heterocycles. The second-order valence-corrected chi connectivity index (χ2v) is 7.83. The normalized spacial score (nSPS) is 16.8. The van der Waals surface area contributed by atoms with E-state index in [0.717, 1.165) is 12.0 Å². The van der Waals surface area contributed by atoms with Crippen molar-refractivity contribution in [3.8, 4) is 5.75 Å². The van der Waals surface area contributed by atoms with Crippen molar-refractivity contribution < 1.29 is 23.9 Å². The van der Waals surface area contributed by atoms with Crippen LogP contribution in [0.3, 0.4) is 0 Å². The maximum atomic E-state index is 13.1. The fourth-order valence-electron chi connectivity index (χ4n) is 3.46. The van der Waals surface area contributed by atoms with Crippen molar-refractivity contribution in [1.29, 1.82) is 0 Å². The highest BCUT2D eigenvalue weighted by Gasteiger charge is 2.35. The third kappa shape index (κ3) is 6.33. The number of piperazine rings is 1. The Morgan fingerprint density at radius 1 is 1.12 bits per heavy atom. The van der Waals surface area contributed by atoms with E-state index in [1.807, 2.05) is 44.2 Å². The Balaban J connectivity index is 1.59. The number of amides is 2. The maximum Gasteiger partial charge on any atom is 0.308 e. The first-order chi connectivity index (χ1) is 15.5. The van der Waals surface area contributed by atoms with Crippen LogP contribution in [-0.2, 0) is 20.7 Å². The van der Waals surface area contributed by atoms with Crippen LogP contribution in [0.15, 0.2) is 54.6 Å². The van der Waals surface area contributed by atoms with Gasteiger partial charge in [0.15, 0.2) is 0 Å². The summed E-state index contributed by atoms with van der Waals surface area (Å²) in [5.41, 5.74) is 1.51. The van der Waals surface area contributed by atoms with Gasteiger partial charge in [-0.25, -0.2) is 0 Å². The van der Waals surface area contributed by atoms with Gasteiger partial charge in [0.2, 0.25) is 5.91 Å². The van der Waals surface area contributed by atoms with Gasteiger partial charge in [0.05, 0.1) is 19.1 Å². The zero-order chi connectivity index (χ0) is 22.9. The molecule has 0 bridgehead atoms. The number of carbonyl (C=O) groups is 3. The largest absolute Gasteiger partial charge is 0.491 e. The summed E-state index contributed by atoms with van der Waals surface area (Å²) in [6.45, 7) is 4.92. The molecule has 32 heavy (non-hydrogen) atoms. The summed E-state index contributed by atoms with van der Waals surface area (Å²) in [5, 5.41) is 2.73. The van der Waals surface area contributed by atoms with E-state index in [1.165, 1.54) is 4.90 Å². The van der Waals surface area contributed by atoms with Crippen LogP contribution in [0.4, 0.5) is 0 Å². The molecule has 0 aromatic heterocycles. The molecule has 7 heteroatoms. The van der Waals surface area contributed by atoms with Crippen LogP contribution in [0, 0.1) is 0 Å². The van der Waals surface area contributed by atoms with Crippen LogP contribution in [0.5, 0.6) is 5.75 Å². The second kappa shape index (κ2) is 11.3. The SMILES string of the molecule is CCC(C)Oc1ccc(C(=O)N2CCNC(=O)C2CC(=O)OCCc2ccccc2)cc1. The molecule has 0 saturated carbocycles. The average molecular weight is 439 g/mol. The molecule has 3 rings (SSSR count). The molecular weight excluding hydrogens is 408 g/mol. The van der Waals surface area contributed by atoms with E-state index in [1.54, 1.807) is 24.3 Å². The van der Waals surface area contributed by atoms with Crippen LogP contribution < -0.4 is 10.1 Å². The van der Waals surface area contributed by atoms with Crippen molar-refractivity contribution in [3.05, 3.63) is 65.7 Å². The minimum absolute atomic E-state index is 0.0830. The fourth-order valence-corrected chi connectivity index (χ4v) is 3.46. The Hall–Kier alpha value is -3.35. The van der Waals surface area contributed by atoms with Crippen molar-refractivity contribution in [2.75, 3.05) is 19.7 Å². The number of nitrogens with one attached hydrogen (secondary N) is 1. The van der Waals surface area contributed by atoms with E-state index < -0.39 is 12.0 Å². The van der Waals surface area contributed by atoms with Crippen LogP contribution in [0.25, 0.3) is 0 Å². The number of esters is 1. The highest BCUT2D eigenvalue weighted by Crippen LogP contribution is 2.19. The first kappa shape index (κ1) is 23.3. The van der Waals surface area contributed by atoms with Gasteiger partial charge in [0.1, 0.15) is 11.8 Å².